The molecule has 1 fully saturated rings. The highest BCUT2D eigenvalue weighted by Crippen LogP contribution is 2.36. The number of likely N-dealkylation sites (tertiary alicyclic amines) is 1. The van der Waals surface area contributed by atoms with Gasteiger partial charge < -0.3 is 5.11 Å². The standard InChI is InChI=1S/C31H29NO2/c33-31(34)29-13-7-8-22-32(29)30(27-18-14-25(15-19-27)23-9-3-1-4-10-23)28-20-16-26(17-21-28)24-11-5-2-6-12-24/h1-6,9-12,14-21,29-30H,7-8,13,22H2,(H,33,34). The van der Waals surface area contributed by atoms with Crippen molar-refractivity contribution in [1.82, 2.24) is 4.90 Å². The van der Waals surface area contributed by atoms with Crippen molar-refractivity contribution in [2.45, 2.75) is 31.3 Å². The normalized spacial score (nSPS) is 16.4. The summed E-state index contributed by atoms with van der Waals surface area (Å²) in [6, 6.07) is 37.3. The maximum Gasteiger partial charge on any atom is 0.320 e. The van der Waals surface area contributed by atoms with Crippen molar-refractivity contribution < 1.29 is 9.90 Å². The minimum atomic E-state index is -0.730. The molecule has 1 heterocycles. The van der Waals surface area contributed by atoms with E-state index in [1.165, 1.54) is 11.1 Å². The molecule has 4 aromatic carbocycles. The van der Waals surface area contributed by atoms with E-state index in [4.69, 9.17) is 0 Å². The van der Waals surface area contributed by atoms with E-state index in [9.17, 15) is 9.90 Å². The molecule has 1 aliphatic heterocycles. The van der Waals surface area contributed by atoms with Gasteiger partial charge in [-0.3, -0.25) is 9.69 Å². The highest BCUT2D eigenvalue weighted by molar-refractivity contribution is 5.74. The summed E-state index contributed by atoms with van der Waals surface area (Å²) >= 11 is 0. The number of carbonyl (C=O) groups is 1. The molecule has 1 aliphatic rings. The van der Waals surface area contributed by atoms with Gasteiger partial charge in [-0.15, -0.1) is 0 Å². The third kappa shape index (κ3) is 4.66. The molecule has 1 N–H and O–H groups in total. The van der Waals surface area contributed by atoms with Crippen LogP contribution in [0.1, 0.15) is 36.4 Å². The molecule has 170 valence electrons. The summed E-state index contributed by atoms with van der Waals surface area (Å²) in [5.41, 5.74) is 6.94. The Hall–Kier alpha value is -3.69. The fourth-order valence-corrected chi connectivity index (χ4v) is 5.08. The van der Waals surface area contributed by atoms with Crippen molar-refractivity contribution in [2.24, 2.45) is 0 Å². The lowest BCUT2D eigenvalue weighted by Crippen LogP contribution is -2.46. The Morgan fingerprint density at radius 1 is 0.647 bits per heavy atom. The number of benzene rings is 4. The summed E-state index contributed by atoms with van der Waals surface area (Å²) in [6.45, 7) is 0.780. The SMILES string of the molecule is O=C(O)C1CCCCN1C(c1ccc(-c2ccccc2)cc1)c1ccc(-c2ccccc2)cc1. The Morgan fingerprint density at radius 2 is 1.09 bits per heavy atom. The first kappa shape index (κ1) is 22.1. The number of hydrogen-bond acceptors (Lipinski definition) is 2. The molecule has 3 nitrogen and oxygen atoms in total. The number of rotatable bonds is 6. The highest BCUT2D eigenvalue weighted by atomic mass is 16.4. The third-order valence-electron chi connectivity index (χ3n) is 6.83. The summed E-state index contributed by atoms with van der Waals surface area (Å²) in [5.74, 6) is -0.730. The van der Waals surface area contributed by atoms with E-state index in [1.807, 2.05) is 36.4 Å². The molecule has 3 heteroatoms. The molecule has 0 spiro atoms. The molecular formula is C31H29NO2. The maximum atomic E-state index is 12.2. The number of aliphatic carboxylic acids is 1. The molecule has 0 saturated carbocycles. The minimum Gasteiger partial charge on any atom is -0.480 e. The van der Waals surface area contributed by atoms with Crippen molar-refractivity contribution in [3.63, 3.8) is 0 Å². The molecule has 0 radical (unpaired) electrons. The zero-order valence-electron chi connectivity index (χ0n) is 19.2. The van der Waals surface area contributed by atoms with Crippen LogP contribution in [0.2, 0.25) is 0 Å². The van der Waals surface area contributed by atoms with Gasteiger partial charge >= 0.3 is 5.97 Å². The predicted octanol–water partition coefficient (Wildman–Crippen LogP) is 7.05. The number of piperidine rings is 1. The van der Waals surface area contributed by atoms with Gasteiger partial charge in [-0.05, 0) is 52.8 Å². The van der Waals surface area contributed by atoms with Gasteiger partial charge in [-0.1, -0.05) is 116 Å². The van der Waals surface area contributed by atoms with Gasteiger partial charge in [0, 0.05) is 0 Å². The molecule has 0 aromatic heterocycles. The van der Waals surface area contributed by atoms with Gasteiger partial charge in [0.2, 0.25) is 0 Å². The fourth-order valence-electron chi connectivity index (χ4n) is 5.08. The second kappa shape index (κ2) is 10.1. The van der Waals surface area contributed by atoms with Crippen molar-refractivity contribution in [2.75, 3.05) is 6.54 Å². The van der Waals surface area contributed by atoms with Crippen LogP contribution in [0.25, 0.3) is 22.3 Å². The van der Waals surface area contributed by atoms with E-state index >= 15 is 0 Å². The van der Waals surface area contributed by atoms with E-state index in [0.717, 1.165) is 41.6 Å². The van der Waals surface area contributed by atoms with Gasteiger partial charge in [-0.2, -0.15) is 0 Å². The molecular weight excluding hydrogens is 418 g/mol. The Morgan fingerprint density at radius 3 is 1.53 bits per heavy atom. The molecule has 4 aromatic rings. The van der Waals surface area contributed by atoms with Crippen molar-refractivity contribution in [3.8, 4) is 22.3 Å². The predicted molar refractivity (Wildman–Crippen MR) is 138 cm³/mol. The van der Waals surface area contributed by atoms with Gasteiger partial charge in [0.05, 0.1) is 6.04 Å². The van der Waals surface area contributed by atoms with E-state index in [-0.39, 0.29) is 6.04 Å². The molecule has 0 bridgehead atoms. The van der Waals surface area contributed by atoms with Gasteiger partial charge in [-0.25, -0.2) is 0 Å². The van der Waals surface area contributed by atoms with E-state index in [1.54, 1.807) is 0 Å². The Labute approximate surface area is 201 Å². The molecule has 34 heavy (non-hydrogen) atoms. The van der Waals surface area contributed by atoms with Gasteiger partial charge in [0.15, 0.2) is 0 Å². The first-order valence-electron chi connectivity index (χ1n) is 12.0. The number of carboxylic acids is 1. The van der Waals surface area contributed by atoms with E-state index < -0.39 is 12.0 Å². The fraction of sp³-hybridized carbons (Fsp3) is 0.194. The molecule has 0 amide bonds. The van der Waals surface area contributed by atoms with Crippen LogP contribution in [0.15, 0.2) is 109 Å². The molecule has 1 saturated heterocycles. The quantitative estimate of drug-likeness (QED) is 0.344. The summed E-state index contributed by atoms with van der Waals surface area (Å²) in [5, 5.41) is 10.00. The van der Waals surface area contributed by atoms with Gasteiger partial charge in [0.25, 0.3) is 0 Å². The summed E-state index contributed by atoms with van der Waals surface area (Å²) in [4.78, 5) is 14.3. The van der Waals surface area contributed by atoms with Crippen molar-refractivity contribution >= 4 is 5.97 Å². The van der Waals surface area contributed by atoms with Crippen LogP contribution in [0.4, 0.5) is 0 Å². The lowest BCUT2D eigenvalue weighted by atomic mass is 9.90. The van der Waals surface area contributed by atoms with Crippen LogP contribution in [0.5, 0.6) is 0 Å². The number of nitrogens with zero attached hydrogens (tertiary/aromatic N) is 1. The highest BCUT2D eigenvalue weighted by Gasteiger charge is 2.35. The number of carboxylic acid groups (broad SMARTS) is 1. The maximum absolute atomic E-state index is 12.2. The summed E-state index contributed by atoms with van der Waals surface area (Å²) in [7, 11) is 0. The van der Waals surface area contributed by atoms with Crippen LogP contribution in [0.3, 0.4) is 0 Å². The third-order valence-corrected chi connectivity index (χ3v) is 6.83. The average molecular weight is 448 g/mol. The topological polar surface area (TPSA) is 40.5 Å². The van der Waals surface area contributed by atoms with E-state index in [0.29, 0.717) is 6.42 Å². The van der Waals surface area contributed by atoms with Crippen LogP contribution in [-0.4, -0.2) is 28.6 Å². The minimum absolute atomic E-state index is 0.101. The molecule has 1 atom stereocenters. The van der Waals surface area contributed by atoms with E-state index in [2.05, 4.69) is 77.7 Å². The second-order valence-electron chi connectivity index (χ2n) is 8.97. The van der Waals surface area contributed by atoms with Crippen molar-refractivity contribution in [1.29, 1.82) is 0 Å². The first-order chi connectivity index (χ1) is 16.7. The zero-order valence-corrected chi connectivity index (χ0v) is 19.2. The summed E-state index contributed by atoms with van der Waals surface area (Å²) < 4.78 is 0. The largest absolute Gasteiger partial charge is 0.480 e. The van der Waals surface area contributed by atoms with Crippen molar-refractivity contribution in [3.05, 3.63) is 120 Å². The Balaban J connectivity index is 1.53. The smallest absolute Gasteiger partial charge is 0.320 e. The Bertz CT molecular complexity index is 1140. The monoisotopic (exact) mass is 447 g/mol. The lowest BCUT2D eigenvalue weighted by molar-refractivity contribution is -0.145. The Kier molecular flexibility index (Phi) is 6.55. The molecule has 1 unspecified atom stereocenters. The second-order valence-corrected chi connectivity index (χ2v) is 8.97. The van der Waals surface area contributed by atoms with Gasteiger partial charge in [0.1, 0.15) is 6.04 Å². The molecule has 5 rings (SSSR count). The van der Waals surface area contributed by atoms with Crippen LogP contribution < -0.4 is 0 Å². The number of hydrogen-bond donors (Lipinski definition) is 1. The van der Waals surface area contributed by atoms with Crippen LogP contribution >= 0.6 is 0 Å². The first-order valence-corrected chi connectivity index (χ1v) is 12.0. The van der Waals surface area contributed by atoms with Crippen LogP contribution in [-0.2, 0) is 4.79 Å². The summed E-state index contributed by atoms with van der Waals surface area (Å²) in [6.07, 6.45) is 2.67. The lowest BCUT2D eigenvalue weighted by Gasteiger charge is -2.39. The molecule has 0 aliphatic carbocycles. The zero-order chi connectivity index (χ0) is 23.3. The average Bonchev–Trinajstić information content (AvgIpc) is 2.91. The van der Waals surface area contributed by atoms with Crippen LogP contribution in [0, 0.1) is 0 Å².